The second-order valence-electron chi connectivity index (χ2n) is 7.04. The quantitative estimate of drug-likeness (QED) is 0.539. The maximum Gasteiger partial charge on any atom is 0.241 e. The summed E-state index contributed by atoms with van der Waals surface area (Å²) >= 11 is 0. The highest BCUT2D eigenvalue weighted by Gasteiger charge is 2.11. The normalized spacial score (nSPS) is 11.1. The molecular weight excluding hydrogens is 352 g/mol. The molecule has 28 heavy (non-hydrogen) atoms. The molecule has 0 fully saturated rings. The minimum absolute atomic E-state index is 0.0618. The molecule has 0 bridgehead atoms. The van der Waals surface area contributed by atoms with Crippen LogP contribution in [0.3, 0.4) is 0 Å². The first-order chi connectivity index (χ1) is 13.5. The van der Waals surface area contributed by atoms with Gasteiger partial charge in [0.15, 0.2) is 5.82 Å². The van der Waals surface area contributed by atoms with Gasteiger partial charge < -0.3 is 9.47 Å². The van der Waals surface area contributed by atoms with Crippen LogP contribution in [0.25, 0.3) is 22.3 Å². The number of aryl methyl sites for hydroxylation is 1. The first-order valence-electron chi connectivity index (χ1n) is 9.11. The monoisotopic (exact) mass is 374 g/mol. The Kier molecular flexibility index (Phi) is 4.65. The van der Waals surface area contributed by atoms with E-state index in [0.717, 1.165) is 27.9 Å². The Bertz CT molecular complexity index is 1140. The lowest BCUT2D eigenvalue weighted by atomic mass is 10.1. The molecule has 1 aromatic carbocycles. The average molecular weight is 374 g/mol. The molecule has 3 heterocycles. The van der Waals surface area contributed by atoms with E-state index in [1.54, 1.807) is 30.0 Å². The third kappa shape index (κ3) is 3.64. The molecule has 0 aliphatic carbocycles. The van der Waals surface area contributed by atoms with E-state index >= 15 is 0 Å². The van der Waals surface area contributed by atoms with E-state index in [1.807, 2.05) is 54.1 Å². The molecule has 0 saturated carbocycles. The van der Waals surface area contributed by atoms with Gasteiger partial charge in [-0.05, 0) is 43.3 Å². The second kappa shape index (κ2) is 7.26. The molecule has 0 atom stereocenters. The maximum absolute atomic E-state index is 12.0. The number of benzene rings is 1. The van der Waals surface area contributed by atoms with Crippen LogP contribution in [-0.2, 0) is 17.9 Å². The van der Waals surface area contributed by atoms with Crippen LogP contribution in [0.2, 0.25) is 0 Å². The zero-order valence-corrected chi connectivity index (χ0v) is 16.2. The second-order valence-corrected chi connectivity index (χ2v) is 7.04. The van der Waals surface area contributed by atoms with Gasteiger partial charge in [0.1, 0.15) is 12.9 Å². The van der Waals surface area contributed by atoms with Crippen LogP contribution in [-0.4, -0.2) is 49.2 Å². The summed E-state index contributed by atoms with van der Waals surface area (Å²) in [5, 5.41) is 5.64. The summed E-state index contributed by atoms with van der Waals surface area (Å²) in [5.74, 6) is 0.735. The minimum atomic E-state index is 0.0618. The molecule has 0 aliphatic rings. The van der Waals surface area contributed by atoms with Gasteiger partial charge in [0.25, 0.3) is 0 Å². The lowest BCUT2D eigenvalue weighted by Crippen LogP contribution is -2.25. The number of hydrogen-bond acceptors (Lipinski definition) is 4. The van der Waals surface area contributed by atoms with E-state index in [0.29, 0.717) is 18.9 Å². The number of aromatic nitrogens is 5. The van der Waals surface area contributed by atoms with Crippen LogP contribution in [0.5, 0.6) is 0 Å². The van der Waals surface area contributed by atoms with Crippen molar-refractivity contribution in [2.75, 3.05) is 14.1 Å². The van der Waals surface area contributed by atoms with Gasteiger partial charge in [0, 0.05) is 42.5 Å². The highest BCUT2D eigenvalue weighted by atomic mass is 16.2. The fourth-order valence-electron chi connectivity index (χ4n) is 3.12. The van der Waals surface area contributed by atoms with Crippen LogP contribution in [0.1, 0.15) is 11.4 Å². The lowest BCUT2D eigenvalue weighted by Gasteiger charge is -2.11. The standard InChI is InChI=1S/C21H22N6O/c1-15-5-4-6-18(23-15)12-27-14-22-21(24-27)17-7-8-19-16(11-17)9-10-26(19)13-20(28)25(2)3/h4-11,14H,12-13H2,1-3H3. The highest BCUT2D eigenvalue weighted by Crippen LogP contribution is 2.23. The molecule has 0 spiro atoms. The topological polar surface area (TPSA) is 68.8 Å². The summed E-state index contributed by atoms with van der Waals surface area (Å²) in [6.07, 6.45) is 3.66. The molecule has 3 aromatic heterocycles. The van der Waals surface area contributed by atoms with E-state index in [-0.39, 0.29) is 5.91 Å². The molecule has 7 nitrogen and oxygen atoms in total. The Morgan fingerprint density at radius 2 is 2.00 bits per heavy atom. The predicted octanol–water partition coefficient (Wildman–Crippen LogP) is 2.74. The smallest absolute Gasteiger partial charge is 0.241 e. The summed E-state index contributed by atoms with van der Waals surface area (Å²) in [7, 11) is 3.53. The fourth-order valence-corrected chi connectivity index (χ4v) is 3.12. The van der Waals surface area contributed by atoms with Crippen molar-refractivity contribution in [3.8, 4) is 11.4 Å². The molecule has 0 unspecified atom stereocenters. The molecule has 0 radical (unpaired) electrons. The van der Waals surface area contributed by atoms with Crippen LogP contribution < -0.4 is 0 Å². The van der Waals surface area contributed by atoms with Crippen LogP contribution in [0.4, 0.5) is 0 Å². The third-order valence-electron chi connectivity index (χ3n) is 4.64. The minimum Gasteiger partial charge on any atom is -0.347 e. The number of carbonyl (C=O) groups is 1. The number of pyridine rings is 1. The Morgan fingerprint density at radius 3 is 2.79 bits per heavy atom. The number of fused-ring (bicyclic) bond motifs is 1. The van der Waals surface area contributed by atoms with E-state index in [2.05, 4.69) is 21.1 Å². The summed E-state index contributed by atoms with van der Waals surface area (Å²) in [6.45, 7) is 2.88. The van der Waals surface area contributed by atoms with E-state index in [4.69, 9.17) is 0 Å². The SMILES string of the molecule is Cc1cccc(Cn2cnc(-c3ccc4c(ccn4CC(=O)N(C)C)c3)n2)n1. The molecule has 142 valence electrons. The van der Waals surface area contributed by atoms with Crippen molar-refractivity contribution in [2.45, 2.75) is 20.0 Å². The first kappa shape index (κ1) is 17.9. The Morgan fingerprint density at radius 1 is 1.14 bits per heavy atom. The van der Waals surface area contributed by atoms with Crippen molar-refractivity contribution in [3.63, 3.8) is 0 Å². The van der Waals surface area contributed by atoms with E-state index < -0.39 is 0 Å². The summed E-state index contributed by atoms with van der Waals surface area (Å²) in [6, 6.07) is 14.0. The lowest BCUT2D eigenvalue weighted by molar-refractivity contribution is -0.129. The van der Waals surface area contributed by atoms with Crippen molar-refractivity contribution in [1.82, 2.24) is 29.2 Å². The van der Waals surface area contributed by atoms with Crippen molar-refractivity contribution in [3.05, 3.63) is 66.4 Å². The predicted molar refractivity (Wildman–Crippen MR) is 108 cm³/mol. The number of likely N-dealkylation sites (N-methyl/N-ethyl adjacent to an activating group) is 1. The molecule has 0 aliphatic heterocycles. The summed E-state index contributed by atoms with van der Waals surface area (Å²) < 4.78 is 3.75. The van der Waals surface area contributed by atoms with Gasteiger partial charge >= 0.3 is 0 Å². The number of carbonyl (C=O) groups excluding carboxylic acids is 1. The number of rotatable bonds is 5. The summed E-state index contributed by atoms with van der Waals surface area (Å²) in [5.41, 5.74) is 3.90. The summed E-state index contributed by atoms with van der Waals surface area (Å²) in [4.78, 5) is 22.5. The molecule has 1 amide bonds. The van der Waals surface area contributed by atoms with Gasteiger partial charge in [-0.1, -0.05) is 6.07 Å². The molecule has 0 N–H and O–H groups in total. The van der Waals surface area contributed by atoms with Crippen molar-refractivity contribution < 1.29 is 4.79 Å². The molecule has 0 saturated heterocycles. The maximum atomic E-state index is 12.0. The van der Waals surface area contributed by atoms with E-state index in [1.165, 1.54) is 0 Å². The van der Waals surface area contributed by atoms with Crippen molar-refractivity contribution in [1.29, 1.82) is 0 Å². The zero-order chi connectivity index (χ0) is 19.7. The molecule has 4 aromatic rings. The Labute approximate surface area is 163 Å². The van der Waals surface area contributed by atoms with Crippen LogP contribution in [0.15, 0.2) is 55.0 Å². The first-order valence-corrected chi connectivity index (χ1v) is 9.11. The molecule has 4 rings (SSSR count). The Balaban J connectivity index is 1.56. The van der Waals surface area contributed by atoms with Gasteiger partial charge in [-0.3, -0.25) is 9.78 Å². The molecule has 7 heteroatoms. The van der Waals surface area contributed by atoms with Crippen LogP contribution >= 0.6 is 0 Å². The van der Waals surface area contributed by atoms with Crippen LogP contribution in [0, 0.1) is 6.92 Å². The number of amides is 1. The number of hydrogen-bond donors (Lipinski definition) is 0. The van der Waals surface area contributed by atoms with E-state index in [9.17, 15) is 4.79 Å². The largest absolute Gasteiger partial charge is 0.347 e. The van der Waals surface area contributed by atoms with Gasteiger partial charge in [-0.15, -0.1) is 0 Å². The number of nitrogens with zero attached hydrogens (tertiary/aromatic N) is 6. The Hall–Kier alpha value is -3.48. The van der Waals surface area contributed by atoms with Gasteiger partial charge in [0.05, 0.1) is 12.2 Å². The zero-order valence-electron chi connectivity index (χ0n) is 16.2. The third-order valence-corrected chi connectivity index (χ3v) is 4.64. The van der Waals surface area contributed by atoms with Gasteiger partial charge in [-0.2, -0.15) is 5.10 Å². The fraction of sp³-hybridized carbons (Fsp3) is 0.238. The highest BCUT2D eigenvalue weighted by molar-refractivity contribution is 5.86. The molecular formula is C21H22N6O. The van der Waals surface area contributed by atoms with Gasteiger partial charge in [-0.25, -0.2) is 9.67 Å². The van der Waals surface area contributed by atoms with Gasteiger partial charge in [0.2, 0.25) is 5.91 Å². The average Bonchev–Trinajstić information content (AvgIpc) is 3.28. The van der Waals surface area contributed by atoms with Crippen molar-refractivity contribution >= 4 is 16.8 Å². The van der Waals surface area contributed by atoms with Crippen molar-refractivity contribution in [2.24, 2.45) is 0 Å².